The molecular formula is C25H38N2O5SSi. The van der Waals surface area contributed by atoms with Gasteiger partial charge >= 0.3 is 0 Å². The van der Waals surface area contributed by atoms with E-state index in [2.05, 4.69) is 39.2 Å². The molecule has 2 heterocycles. The summed E-state index contributed by atoms with van der Waals surface area (Å²) in [5.74, 6) is -0.926. The zero-order chi connectivity index (χ0) is 25.3. The Bertz CT molecular complexity index is 926. The van der Waals surface area contributed by atoms with E-state index in [-0.39, 0.29) is 40.0 Å². The molecule has 0 aliphatic carbocycles. The number of hydrogen-bond acceptors (Lipinski definition) is 6. The Morgan fingerprint density at radius 2 is 1.79 bits per heavy atom. The van der Waals surface area contributed by atoms with Gasteiger partial charge in [-0.1, -0.05) is 51.6 Å². The van der Waals surface area contributed by atoms with Crippen LogP contribution in [0.4, 0.5) is 0 Å². The van der Waals surface area contributed by atoms with Gasteiger partial charge in [0.05, 0.1) is 36.8 Å². The van der Waals surface area contributed by atoms with Gasteiger partial charge in [0.2, 0.25) is 5.91 Å². The highest BCUT2D eigenvalue weighted by Crippen LogP contribution is 2.40. The molecule has 9 heteroatoms. The summed E-state index contributed by atoms with van der Waals surface area (Å²) in [6.07, 6.45) is -0.268. The van der Waals surface area contributed by atoms with Gasteiger partial charge in [-0.15, -0.1) is 0 Å². The summed E-state index contributed by atoms with van der Waals surface area (Å²) < 4.78 is 11.8. The summed E-state index contributed by atoms with van der Waals surface area (Å²) in [5, 5.41) is 2.89. The molecule has 0 saturated carbocycles. The first kappa shape index (κ1) is 26.9. The molecule has 3 rings (SSSR count). The van der Waals surface area contributed by atoms with E-state index in [1.165, 1.54) is 0 Å². The van der Waals surface area contributed by atoms with Crippen molar-refractivity contribution in [3.8, 4) is 0 Å². The van der Waals surface area contributed by atoms with E-state index in [1.807, 2.05) is 32.0 Å². The first-order valence-electron chi connectivity index (χ1n) is 12.0. The lowest BCUT2D eigenvalue weighted by atomic mass is 9.79. The van der Waals surface area contributed by atoms with Crippen LogP contribution in [0.3, 0.4) is 0 Å². The van der Waals surface area contributed by atoms with Crippen molar-refractivity contribution in [3.05, 3.63) is 29.8 Å². The van der Waals surface area contributed by atoms with Crippen LogP contribution in [0.25, 0.3) is 0 Å². The normalized spacial score (nSPS) is 23.0. The minimum absolute atomic E-state index is 0.0327. The number of rotatable bonds is 7. The molecule has 1 aromatic rings. The maximum Gasteiger partial charge on any atom is 0.255 e. The van der Waals surface area contributed by atoms with Crippen LogP contribution in [0.1, 0.15) is 45.0 Å². The minimum atomic E-state index is -2.05. The Morgan fingerprint density at radius 1 is 1.18 bits per heavy atom. The van der Waals surface area contributed by atoms with Gasteiger partial charge in [-0.05, 0) is 37.2 Å². The fourth-order valence-corrected chi connectivity index (χ4v) is 6.48. The Balaban J connectivity index is 1.69. The monoisotopic (exact) mass is 506 g/mol. The lowest BCUT2D eigenvalue weighted by molar-refractivity contribution is -0.143. The molecule has 4 atom stereocenters. The number of benzene rings is 1. The number of ether oxygens (including phenoxy) is 1. The summed E-state index contributed by atoms with van der Waals surface area (Å²) in [4.78, 5) is 41.2. The van der Waals surface area contributed by atoms with E-state index < -0.39 is 14.2 Å². The second-order valence-electron chi connectivity index (χ2n) is 10.8. The van der Waals surface area contributed by atoms with Crippen molar-refractivity contribution in [2.75, 3.05) is 26.3 Å². The van der Waals surface area contributed by atoms with Gasteiger partial charge in [-0.25, -0.2) is 0 Å². The lowest BCUT2D eigenvalue weighted by Gasteiger charge is -2.46. The van der Waals surface area contributed by atoms with Gasteiger partial charge in [0.1, 0.15) is 0 Å². The second-order valence-corrected chi connectivity index (χ2v) is 16.6. The zero-order valence-corrected chi connectivity index (χ0v) is 23.2. The van der Waals surface area contributed by atoms with Crippen LogP contribution in [0.2, 0.25) is 18.1 Å². The van der Waals surface area contributed by atoms with Gasteiger partial charge in [0.15, 0.2) is 13.4 Å². The third kappa shape index (κ3) is 5.75. The summed E-state index contributed by atoms with van der Waals surface area (Å²) in [6, 6.07) is 6.94. The number of thioether (sulfide) groups is 1. The number of β-lactam (4-membered cyclic amide) rings is 1. The molecule has 2 saturated heterocycles. The first-order valence-corrected chi connectivity index (χ1v) is 15.7. The van der Waals surface area contributed by atoms with E-state index in [9.17, 15) is 14.4 Å². The Labute approximate surface area is 208 Å². The topological polar surface area (TPSA) is 84.9 Å². The zero-order valence-electron chi connectivity index (χ0n) is 21.3. The van der Waals surface area contributed by atoms with Crippen LogP contribution in [0, 0.1) is 11.8 Å². The molecule has 1 aromatic carbocycles. The molecule has 188 valence electrons. The maximum atomic E-state index is 13.3. The van der Waals surface area contributed by atoms with Gasteiger partial charge in [-0.2, -0.15) is 0 Å². The van der Waals surface area contributed by atoms with Gasteiger partial charge < -0.3 is 19.4 Å². The van der Waals surface area contributed by atoms with Crippen molar-refractivity contribution in [3.63, 3.8) is 0 Å². The summed E-state index contributed by atoms with van der Waals surface area (Å²) >= 11 is 1.08. The van der Waals surface area contributed by atoms with Crippen LogP contribution < -0.4 is 5.32 Å². The predicted molar refractivity (Wildman–Crippen MR) is 136 cm³/mol. The fourth-order valence-electron chi connectivity index (χ4n) is 4.09. The number of carbonyl (C=O) groups is 3. The van der Waals surface area contributed by atoms with Gasteiger partial charge in [-0.3, -0.25) is 14.4 Å². The Kier molecular flexibility index (Phi) is 8.32. The number of nitrogens with one attached hydrogen (secondary N) is 1. The molecule has 2 fully saturated rings. The lowest BCUT2D eigenvalue weighted by Crippen LogP contribution is -2.66. The largest absolute Gasteiger partial charge is 0.413 e. The van der Waals surface area contributed by atoms with Crippen LogP contribution in [-0.2, 0) is 18.8 Å². The molecule has 0 bridgehead atoms. The van der Waals surface area contributed by atoms with Crippen molar-refractivity contribution in [1.29, 1.82) is 0 Å². The third-order valence-corrected chi connectivity index (χ3v) is 13.1. The number of carbonyl (C=O) groups excluding carboxylic acids is 3. The van der Waals surface area contributed by atoms with Crippen LogP contribution >= 0.6 is 11.8 Å². The minimum Gasteiger partial charge on any atom is -0.413 e. The molecule has 34 heavy (non-hydrogen) atoms. The Hall–Kier alpha value is -1.68. The van der Waals surface area contributed by atoms with Crippen LogP contribution in [0.15, 0.2) is 29.2 Å². The van der Waals surface area contributed by atoms with E-state index in [1.54, 1.807) is 11.0 Å². The van der Waals surface area contributed by atoms with Crippen molar-refractivity contribution in [2.45, 2.75) is 69.8 Å². The molecule has 2 amide bonds. The average Bonchev–Trinajstić information content (AvgIpc) is 2.76. The molecule has 0 radical (unpaired) electrons. The van der Waals surface area contributed by atoms with E-state index >= 15 is 0 Å². The van der Waals surface area contributed by atoms with E-state index in [0.717, 1.165) is 11.8 Å². The van der Waals surface area contributed by atoms with Gasteiger partial charge in [0, 0.05) is 23.9 Å². The predicted octanol–water partition coefficient (Wildman–Crippen LogP) is 3.94. The van der Waals surface area contributed by atoms with Crippen molar-refractivity contribution >= 4 is 37.0 Å². The standard InChI is InChI=1S/C25H38N2O5SSi/c1-16(21-20(22(28)26-21)17(2)32-34(6,7)25(3,4)5)24(30)33-19-11-9-8-10-18(19)23(29)27-12-14-31-15-13-27/h8-11,16-17,20-21H,12-15H2,1-7H3,(H,26,28)/t16-,17-,20-,21-/m1/s1. The Morgan fingerprint density at radius 3 is 2.38 bits per heavy atom. The summed E-state index contributed by atoms with van der Waals surface area (Å²) in [6.45, 7) is 16.8. The van der Waals surface area contributed by atoms with Crippen LogP contribution in [0.5, 0.6) is 0 Å². The fraction of sp³-hybridized carbons (Fsp3) is 0.640. The molecule has 2 aliphatic heterocycles. The summed E-state index contributed by atoms with van der Waals surface area (Å²) in [7, 11) is -2.05. The summed E-state index contributed by atoms with van der Waals surface area (Å²) in [5.41, 5.74) is 0.527. The number of nitrogens with zero attached hydrogens (tertiary/aromatic N) is 1. The van der Waals surface area contributed by atoms with Crippen LogP contribution in [-0.4, -0.2) is 68.6 Å². The van der Waals surface area contributed by atoms with Crippen molar-refractivity contribution in [2.24, 2.45) is 11.8 Å². The molecule has 0 unspecified atom stereocenters. The number of morpholine rings is 1. The number of amides is 2. The highest BCUT2D eigenvalue weighted by atomic mass is 32.2. The molecule has 0 aromatic heterocycles. The second kappa shape index (κ2) is 10.5. The first-order chi connectivity index (χ1) is 15.8. The quantitative estimate of drug-likeness (QED) is 0.343. The smallest absolute Gasteiger partial charge is 0.255 e. The molecule has 1 N–H and O–H groups in total. The van der Waals surface area contributed by atoms with Gasteiger partial charge in [0.25, 0.3) is 5.91 Å². The molecular weight excluding hydrogens is 468 g/mol. The maximum absolute atomic E-state index is 13.3. The van der Waals surface area contributed by atoms with E-state index in [0.29, 0.717) is 36.8 Å². The SMILES string of the molecule is C[C@@H](O[Si](C)(C)C(C)(C)C)[C@H]1C(=O)N[C@@H]1[C@@H](C)C(=O)Sc1ccccc1C(=O)N1CCOCC1. The third-order valence-electron chi connectivity index (χ3n) is 7.33. The highest BCUT2D eigenvalue weighted by molar-refractivity contribution is 8.13. The van der Waals surface area contributed by atoms with Crippen molar-refractivity contribution in [1.82, 2.24) is 10.2 Å². The van der Waals surface area contributed by atoms with E-state index in [4.69, 9.17) is 9.16 Å². The number of hydrogen-bond donors (Lipinski definition) is 1. The molecule has 2 aliphatic rings. The van der Waals surface area contributed by atoms with Crippen molar-refractivity contribution < 1.29 is 23.5 Å². The highest BCUT2D eigenvalue weighted by Gasteiger charge is 2.50. The average molecular weight is 507 g/mol. The molecule has 0 spiro atoms. The molecule has 7 nitrogen and oxygen atoms in total.